The summed E-state index contributed by atoms with van der Waals surface area (Å²) < 4.78 is 41.4. The highest BCUT2D eigenvalue weighted by Crippen LogP contribution is 2.58. The third kappa shape index (κ3) is 3.03. The van der Waals surface area contributed by atoms with Crippen LogP contribution in [0.25, 0.3) is 0 Å². The first-order valence-electron chi connectivity index (χ1n) is 9.67. The lowest BCUT2D eigenvalue weighted by Crippen LogP contribution is -2.53. The summed E-state index contributed by atoms with van der Waals surface area (Å²) in [6, 6.07) is 3.29. The van der Waals surface area contributed by atoms with E-state index in [-0.39, 0.29) is 36.4 Å². The third-order valence-electron chi connectivity index (χ3n) is 6.37. The number of tetrazole rings is 1. The zero-order valence-corrected chi connectivity index (χ0v) is 15.6. The Hall–Kier alpha value is -2.72. The van der Waals surface area contributed by atoms with Crippen LogP contribution in [0.5, 0.6) is 0 Å². The van der Waals surface area contributed by atoms with Crippen LogP contribution in [-0.2, 0) is 5.41 Å². The van der Waals surface area contributed by atoms with Crippen molar-refractivity contribution in [3.63, 3.8) is 0 Å². The van der Waals surface area contributed by atoms with Crippen molar-refractivity contribution < 1.29 is 18.0 Å². The second-order valence-electron chi connectivity index (χ2n) is 8.11. The van der Waals surface area contributed by atoms with Gasteiger partial charge in [0.25, 0.3) is 0 Å². The highest BCUT2D eigenvalue weighted by molar-refractivity contribution is 5.76. The molecule has 0 spiro atoms. The van der Waals surface area contributed by atoms with E-state index in [0.29, 0.717) is 26.2 Å². The summed E-state index contributed by atoms with van der Waals surface area (Å²) in [5.41, 5.74) is -0.720. The van der Waals surface area contributed by atoms with Gasteiger partial charge in [0.2, 0.25) is 0 Å². The quantitative estimate of drug-likeness (QED) is 0.779. The average molecular weight is 407 g/mol. The second kappa shape index (κ2) is 6.39. The van der Waals surface area contributed by atoms with Crippen molar-refractivity contribution in [3.05, 3.63) is 35.9 Å². The van der Waals surface area contributed by atoms with Crippen molar-refractivity contribution in [2.45, 2.75) is 42.8 Å². The smallest absolute Gasteiger partial charge is 0.323 e. The van der Waals surface area contributed by atoms with Gasteiger partial charge in [-0.15, -0.1) is 5.10 Å². The number of alkyl halides is 3. The van der Waals surface area contributed by atoms with Crippen molar-refractivity contribution in [1.29, 1.82) is 0 Å². The van der Waals surface area contributed by atoms with Crippen molar-refractivity contribution >= 4 is 6.03 Å². The number of carbonyl (C=O) groups is 1. The largest absolute Gasteiger partial charge is 0.398 e. The van der Waals surface area contributed by atoms with Crippen LogP contribution in [0.1, 0.15) is 42.5 Å². The van der Waals surface area contributed by atoms with Crippen molar-refractivity contribution in [3.8, 4) is 0 Å². The van der Waals surface area contributed by atoms with Crippen LogP contribution in [-0.4, -0.2) is 73.4 Å². The van der Waals surface area contributed by atoms with E-state index < -0.39 is 11.6 Å². The minimum Gasteiger partial charge on any atom is -0.323 e. The molecular formula is C18H20F3N7O. The molecule has 2 aromatic heterocycles. The summed E-state index contributed by atoms with van der Waals surface area (Å²) in [5.74, 6) is 0.0620. The summed E-state index contributed by atoms with van der Waals surface area (Å²) >= 11 is 0. The molecule has 0 radical (unpaired) electrons. The molecule has 2 amide bonds. The lowest BCUT2D eigenvalue weighted by atomic mass is 9.93. The van der Waals surface area contributed by atoms with Gasteiger partial charge in [-0.3, -0.25) is 4.98 Å². The zero-order chi connectivity index (χ0) is 20.2. The zero-order valence-electron chi connectivity index (χ0n) is 15.6. The van der Waals surface area contributed by atoms with E-state index in [1.165, 1.54) is 6.20 Å². The molecule has 4 heterocycles. The molecule has 0 aromatic carbocycles. The molecule has 1 atom stereocenters. The molecule has 11 heteroatoms. The first-order valence-corrected chi connectivity index (χ1v) is 9.67. The topological polar surface area (TPSA) is 80.0 Å². The van der Waals surface area contributed by atoms with Gasteiger partial charge in [-0.05, 0) is 41.3 Å². The van der Waals surface area contributed by atoms with Gasteiger partial charge in [0.15, 0.2) is 0 Å². The summed E-state index contributed by atoms with van der Waals surface area (Å²) in [6.07, 6.45) is -0.255. The van der Waals surface area contributed by atoms with Gasteiger partial charge in [-0.1, -0.05) is 6.07 Å². The van der Waals surface area contributed by atoms with E-state index in [9.17, 15) is 18.0 Å². The van der Waals surface area contributed by atoms with Gasteiger partial charge >= 0.3 is 12.2 Å². The third-order valence-corrected chi connectivity index (χ3v) is 6.37. The second-order valence-corrected chi connectivity index (χ2v) is 8.11. The van der Waals surface area contributed by atoms with Crippen LogP contribution in [0, 0.1) is 0 Å². The van der Waals surface area contributed by atoms with Crippen LogP contribution < -0.4 is 0 Å². The molecule has 3 fully saturated rings. The minimum atomic E-state index is -4.23. The number of amides is 2. The Bertz CT molecular complexity index is 889. The lowest BCUT2D eigenvalue weighted by molar-refractivity contribution is -0.160. The summed E-state index contributed by atoms with van der Waals surface area (Å²) in [4.78, 5) is 20.5. The van der Waals surface area contributed by atoms with Gasteiger partial charge < -0.3 is 9.80 Å². The predicted octanol–water partition coefficient (Wildman–Crippen LogP) is 2.13. The summed E-state index contributed by atoms with van der Waals surface area (Å²) in [5, 5.41) is 11.2. The van der Waals surface area contributed by atoms with E-state index >= 15 is 0 Å². The number of pyridine rings is 1. The number of urea groups is 1. The number of carbonyl (C=O) groups excluding carboxylic acids is 1. The molecule has 1 aliphatic carbocycles. The maximum Gasteiger partial charge on any atom is 0.398 e. The van der Waals surface area contributed by atoms with E-state index in [1.807, 2.05) is 0 Å². The van der Waals surface area contributed by atoms with E-state index in [1.54, 1.807) is 32.9 Å². The standard InChI is InChI=1S/C18H20F3N7O/c19-18(20,21)17(4-5-17)13-1-2-15(22-7-13)12-8-27(9-12)16(29)26-6-3-14(10-26)28-11-23-24-25-28/h1-2,7,11-12,14H,3-6,8-10H2/t14-/m0/s1. The van der Waals surface area contributed by atoms with Gasteiger partial charge in [0.1, 0.15) is 6.33 Å². The average Bonchev–Trinajstić information content (AvgIpc) is 3.08. The Morgan fingerprint density at radius 1 is 1.14 bits per heavy atom. The molecule has 1 saturated carbocycles. The molecule has 8 nitrogen and oxygen atoms in total. The molecule has 5 rings (SSSR count). The number of likely N-dealkylation sites (tertiary alicyclic amines) is 2. The fourth-order valence-corrected chi connectivity index (χ4v) is 4.28. The van der Waals surface area contributed by atoms with Gasteiger partial charge in [-0.25, -0.2) is 9.48 Å². The van der Waals surface area contributed by atoms with Crippen LogP contribution in [0.2, 0.25) is 0 Å². The molecule has 0 bridgehead atoms. The monoisotopic (exact) mass is 407 g/mol. The maximum atomic E-state index is 13.2. The van der Waals surface area contributed by atoms with Crippen molar-refractivity contribution in [2.75, 3.05) is 26.2 Å². The van der Waals surface area contributed by atoms with Crippen LogP contribution in [0.4, 0.5) is 18.0 Å². The van der Waals surface area contributed by atoms with E-state index in [0.717, 1.165) is 12.1 Å². The Kier molecular flexibility index (Phi) is 4.04. The lowest BCUT2D eigenvalue weighted by Gasteiger charge is -2.41. The molecule has 0 N–H and O–H groups in total. The molecule has 2 aliphatic heterocycles. The minimum absolute atomic E-state index is 0.0255. The first-order chi connectivity index (χ1) is 13.9. The Morgan fingerprint density at radius 2 is 1.93 bits per heavy atom. The Labute approximate surface area is 164 Å². The molecule has 2 saturated heterocycles. The maximum absolute atomic E-state index is 13.2. The van der Waals surface area contributed by atoms with Crippen molar-refractivity contribution in [1.82, 2.24) is 35.0 Å². The van der Waals surface area contributed by atoms with Crippen LogP contribution in [0.3, 0.4) is 0 Å². The van der Waals surface area contributed by atoms with Crippen LogP contribution >= 0.6 is 0 Å². The number of nitrogens with zero attached hydrogens (tertiary/aromatic N) is 7. The van der Waals surface area contributed by atoms with Gasteiger partial charge in [-0.2, -0.15) is 13.2 Å². The molecule has 0 unspecified atom stereocenters. The summed E-state index contributed by atoms with van der Waals surface area (Å²) in [7, 11) is 0. The van der Waals surface area contributed by atoms with E-state index in [4.69, 9.17) is 0 Å². The molecule has 3 aliphatic rings. The molecule has 2 aromatic rings. The fourth-order valence-electron chi connectivity index (χ4n) is 4.28. The van der Waals surface area contributed by atoms with E-state index in [2.05, 4.69) is 20.5 Å². The summed E-state index contributed by atoms with van der Waals surface area (Å²) in [6.45, 7) is 2.28. The van der Waals surface area contributed by atoms with Gasteiger partial charge in [0.05, 0.1) is 11.5 Å². The fraction of sp³-hybridized carbons (Fsp3) is 0.611. The first kappa shape index (κ1) is 18.3. The molecule has 29 heavy (non-hydrogen) atoms. The Balaban J connectivity index is 1.17. The molecule has 154 valence electrons. The number of hydrogen-bond donors (Lipinski definition) is 0. The number of hydrogen-bond acceptors (Lipinski definition) is 5. The number of halogens is 3. The van der Waals surface area contributed by atoms with Crippen LogP contribution in [0.15, 0.2) is 24.7 Å². The highest BCUT2D eigenvalue weighted by atomic mass is 19.4. The number of rotatable bonds is 3. The van der Waals surface area contributed by atoms with Crippen molar-refractivity contribution in [2.24, 2.45) is 0 Å². The normalized spacial score (nSPS) is 23.9. The SMILES string of the molecule is O=C(N1CC(c2ccc(C3(C(F)(F)F)CC3)cn2)C1)N1CC[C@H](n2cnnn2)C1. The van der Waals surface area contributed by atoms with Gasteiger partial charge in [0, 0.05) is 44.0 Å². The Morgan fingerprint density at radius 3 is 2.52 bits per heavy atom. The predicted molar refractivity (Wildman–Crippen MR) is 94.0 cm³/mol. The molecular weight excluding hydrogens is 387 g/mol. The highest BCUT2D eigenvalue weighted by Gasteiger charge is 2.64. The number of aromatic nitrogens is 5.